The molecular weight excluding hydrogens is 368 g/mol. The van der Waals surface area contributed by atoms with Crippen molar-refractivity contribution in [1.29, 1.82) is 0 Å². The van der Waals surface area contributed by atoms with Gasteiger partial charge in [-0.05, 0) is 47.9 Å². The molecule has 0 saturated carbocycles. The lowest BCUT2D eigenvalue weighted by Crippen LogP contribution is -2.22. The zero-order valence-electron chi connectivity index (χ0n) is 17.3. The molecule has 6 heteroatoms. The molecule has 148 valence electrons. The molecule has 1 aromatic carbocycles. The molecule has 0 fully saturated rings. The van der Waals surface area contributed by atoms with Crippen LogP contribution in [0.3, 0.4) is 0 Å². The number of rotatable bonds is 7. The number of carbonyl (C=O) groups excluding carboxylic acids is 1. The second-order valence-corrected chi connectivity index (χ2v) is 13.9. The minimum atomic E-state index is -1.10. The van der Waals surface area contributed by atoms with E-state index in [0.717, 1.165) is 40.4 Å². The molecule has 0 amide bonds. The maximum Gasteiger partial charge on any atom is 0.337 e. The van der Waals surface area contributed by atoms with Gasteiger partial charge in [0.25, 0.3) is 0 Å². The summed E-state index contributed by atoms with van der Waals surface area (Å²) in [6, 6.07) is 10.6. The van der Waals surface area contributed by atoms with Crippen LogP contribution in [0.1, 0.15) is 15.9 Å². The molecule has 5 nitrogen and oxygen atoms in total. The Morgan fingerprint density at radius 3 is 2.50 bits per heavy atom. The van der Waals surface area contributed by atoms with Crippen molar-refractivity contribution in [3.8, 4) is 11.1 Å². The van der Waals surface area contributed by atoms with Crippen LogP contribution in [-0.2, 0) is 16.2 Å². The van der Waals surface area contributed by atoms with Gasteiger partial charge in [0.1, 0.15) is 12.4 Å². The van der Waals surface area contributed by atoms with Gasteiger partial charge in [-0.25, -0.2) is 9.78 Å². The second kappa shape index (κ2) is 8.28. The Kier molecular flexibility index (Phi) is 6.01. The van der Waals surface area contributed by atoms with Crippen LogP contribution < -0.4 is 0 Å². The third kappa shape index (κ3) is 4.51. The molecule has 0 aliphatic heterocycles. The summed E-state index contributed by atoms with van der Waals surface area (Å²) in [5.74, 6) is -0.329. The number of hydrogen-bond donors (Lipinski definition) is 0. The quantitative estimate of drug-likeness (QED) is 0.316. The van der Waals surface area contributed by atoms with Gasteiger partial charge in [0.15, 0.2) is 0 Å². The molecule has 0 N–H and O–H groups in total. The Labute approximate surface area is 167 Å². The lowest BCUT2D eigenvalue weighted by Gasteiger charge is -2.15. The molecule has 0 atom stereocenters. The average Bonchev–Trinajstić information content (AvgIpc) is 3.00. The van der Waals surface area contributed by atoms with E-state index in [1.165, 1.54) is 7.11 Å². The van der Waals surface area contributed by atoms with Gasteiger partial charge in [0.2, 0.25) is 0 Å². The highest BCUT2D eigenvalue weighted by Crippen LogP contribution is 2.31. The van der Waals surface area contributed by atoms with E-state index in [2.05, 4.69) is 42.3 Å². The van der Waals surface area contributed by atoms with E-state index in [1.807, 2.05) is 24.4 Å². The van der Waals surface area contributed by atoms with Gasteiger partial charge >= 0.3 is 5.97 Å². The van der Waals surface area contributed by atoms with E-state index in [1.54, 1.807) is 12.1 Å². The molecule has 2 aromatic heterocycles. The Morgan fingerprint density at radius 1 is 1.14 bits per heavy atom. The number of aromatic nitrogens is 2. The van der Waals surface area contributed by atoms with Crippen molar-refractivity contribution in [3.63, 3.8) is 0 Å². The summed E-state index contributed by atoms with van der Waals surface area (Å²) in [6.07, 6.45) is 3.92. The predicted molar refractivity (Wildman–Crippen MR) is 115 cm³/mol. The highest BCUT2D eigenvalue weighted by Gasteiger charge is 2.15. The second-order valence-electron chi connectivity index (χ2n) is 8.26. The first-order valence-electron chi connectivity index (χ1n) is 9.51. The predicted octanol–water partition coefficient (Wildman–Crippen LogP) is 5.11. The topological polar surface area (TPSA) is 53.3 Å². The van der Waals surface area contributed by atoms with Crippen LogP contribution >= 0.6 is 0 Å². The zero-order valence-corrected chi connectivity index (χ0v) is 18.3. The third-order valence-corrected chi connectivity index (χ3v) is 6.49. The summed E-state index contributed by atoms with van der Waals surface area (Å²) in [5, 5.41) is 1.11. The summed E-state index contributed by atoms with van der Waals surface area (Å²) in [5.41, 5.74) is 4.76. The third-order valence-electron chi connectivity index (χ3n) is 4.79. The Balaban J connectivity index is 1.87. The number of fused-ring (bicyclic) bond motifs is 1. The highest BCUT2D eigenvalue weighted by atomic mass is 28.3. The highest BCUT2D eigenvalue weighted by molar-refractivity contribution is 6.76. The van der Waals surface area contributed by atoms with E-state index in [0.29, 0.717) is 12.3 Å². The van der Waals surface area contributed by atoms with Gasteiger partial charge in [-0.2, -0.15) is 0 Å². The van der Waals surface area contributed by atoms with Crippen molar-refractivity contribution in [2.75, 3.05) is 13.7 Å². The van der Waals surface area contributed by atoms with Crippen molar-refractivity contribution in [2.24, 2.45) is 0 Å². The monoisotopic (exact) mass is 396 g/mol. The van der Waals surface area contributed by atoms with E-state index in [4.69, 9.17) is 9.47 Å². The van der Waals surface area contributed by atoms with E-state index in [9.17, 15) is 4.79 Å². The summed E-state index contributed by atoms with van der Waals surface area (Å²) in [4.78, 5) is 16.3. The van der Waals surface area contributed by atoms with Crippen LogP contribution in [0.5, 0.6) is 0 Å². The molecule has 0 aliphatic carbocycles. The molecule has 0 saturated heterocycles. The van der Waals surface area contributed by atoms with Crippen LogP contribution in [0.4, 0.5) is 0 Å². The number of methoxy groups -OCH3 is 1. The van der Waals surface area contributed by atoms with Crippen LogP contribution in [0.15, 0.2) is 42.7 Å². The maximum atomic E-state index is 11.7. The van der Waals surface area contributed by atoms with Crippen LogP contribution in [0.25, 0.3) is 22.2 Å². The Bertz CT molecular complexity index is 972. The van der Waals surface area contributed by atoms with Crippen LogP contribution in [-0.4, -0.2) is 37.3 Å². The SMILES string of the molecule is COC(=O)c1ccc(-c2ccnc3c2c(C)cn3COCC[Si](C)(C)C)cc1. The zero-order chi connectivity index (χ0) is 20.3. The molecule has 0 bridgehead atoms. The minimum Gasteiger partial charge on any atom is -0.465 e. The lowest BCUT2D eigenvalue weighted by atomic mass is 10.0. The summed E-state index contributed by atoms with van der Waals surface area (Å²) < 4.78 is 12.8. The van der Waals surface area contributed by atoms with Gasteiger partial charge < -0.3 is 14.0 Å². The summed E-state index contributed by atoms with van der Waals surface area (Å²) >= 11 is 0. The number of nitrogens with zero attached hydrogens (tertiary/aromatic N) is 2. The van der Waals surface area contributed by atoms with Crippen molar-refractivity contribution in [3.05, 3.63) is 53.9 Å². The van der Waals surface area contributed by atoms with Gasteiger partial charge in [0, 0.05) is 32.5 Å². The normalized spacial score (nSPS) is 11.8. The van der Waals surface area contributed by atoms with Gasteiger partial charge in [-0.1, -0.05) is 31.8 Å². The Hall–Kier alpha value is -2.44. The summed E-state index contributed by atoms with van der Waals surface area (Å²) in [7, 11) is 0.294. The number of ether oxygens (including phenoxy) is 2. The number of pyridine rings is 1. The first-order chi connectivity index (χ1) is 13.3. The fourth-order valence-electron chi connectivity index (χ4n) is 3.20. The number of esters is 1. The number of carbonyl (C=O) groups is 1. The average molecular weight is 397 g/mol. The smallest absolute Gasteiger partial charge is 0.337 e. The molecule has 0 spiro atoms. The largest absolute Gasteiger partial charge is 0.465 e. The first kappa shape index (κ1) is 20.3. The van der Waals surface area contributed by atoms with Crippen molar-refractivity contribution in [1.82, 2.24) is 9.55 Å². The lowest BCUT2D eigenvalue weighted by molar-refractivity contribution is 0.0600. The molecule has 28 heavy (non-hydrogen) atoms. The van der Waals surface area contributed by atoms with Crippen molar-refractivity contribution >= 4 is 25.1 Å². The molecule has 3 aromatic rings. The van der Waals surface area contributed by atoms with E-state index >= 15 is 0 Å². The molecule has 3 rings (SSSR count). The van der Waals surface area contributed by atoms with Gasteiger partial charge in [-0.3, -0.25) is 0 Å². The maximum absolute atomic E-state index is 11.7. The molecule has 0 aliphatic rings. The first-order valence-corrected chi connectivity index (χ1v) is 13.2. The van der Waals surface area contributed by atoms with Crippen LogP contribution in [0, 0.1) is 6.92 Å². The fraction of sp³-hybridized carbons (Fsp3) is 0.364. The molecule has 0 unspecified atom stereocenters. The summed E-state index contributed by atoms with van der Waals surface area (Å²) in [6.45, 7) is 10.4. The van der Waals surface area contributed by atoms with Gasteiger partial charge in [0.05, 0.1) is 12.7 Å². The number of hydrogen-bond acceptors (Lipinski definition) is 4. The van der Waals surface area contributed by atoms with Crippen molar-refractivity contribution < 1.29 is 14.3 Å². The number of benzene rings is 1. The fourth-order valence-corrected chi connectivity index (χ4v) is 3.96. The van der Waals surface area contributed by atoms with E-state index in [-0.39, 0.29) is 5.97 Å². The van der Waals surface area contributed by atoms with Gasteiger partial charge in [-0.15, -0.1) is 0 Å². The van der Waals surface area contributed by atoms with Crippen molar-refractivity contribution in [2.45, 2.75) is 39.3 Å². The Morgan fingerprint density at radius 2 is 1.86 bits per heavy atom. The molecular formula is C22H28N2O3Si. The minimum absolute atomic E-state index is 0.329. The van der Waals surface area contributed by atoms with Crippen LogP contribution in [0.2, 0.25) is 25.7 Å². The number of aryl methyl sites for hydroxylation is 1. The standard InChI is InChI=1S/C22H28N2O3Si/c1-16-14-24(15-27-12-13-28(3,4)5)21-20(16)19(10-11-23-21)17-6-8-18(9-7-17)22(25)26-2/h6-11,14H,12-13,15H2,1-5H3. The molecule has 2 heterocycles. The van der Waals surface area contributed by atoms with E-state index < -0.39 is 8.07 Å². The molecule has 0 radical (unpaired) electrons.